The molecule has 1 aliphatic carbocycles. The minimum absolute atomic E-state index is 0.0923. The van der Waals surface area contributed by atoms with Gasteiger partial charge in [-0.2, -0.15) is 5.10 Å². The molecular weight excluding hydrogens is 314 g/mol. The third-order valence-electron chi connectivity index (χ3n) is 4.82. The number of hydrogen-bond donors (Lipinski definition) is 2. The number of H-pyrrole nitrogens is 1. The molecule has 0 radical (unpaired) electrons. The minimum Gasteiger partial charge on any atom is -0.481 e. The van der Waals surface area contributed by atoms with Crippen LogP contribution in [0.25, 0.3) is 0 Å². The Kier molecular flexibility index (Phi) is 5.41. The van der Waals surface area contributed by atoms with Gasteiger partial charge < -0.3 is 10.1 Å². The first-order chi connectivity index (χ1) is 12.0. The quantitative estimate of drug-likeness (QED) is 0.849. The number of ether oxygens (including phenoxy) is 1. The number of fused-ring (bicyclic) bond motifs is 1. The summed E-state index contributed by atoms with van der Waals surface area (Å²) in [6.45, 7) is 6.37. The topological polar surface area (TPSA) is 67.0 Å². The third kappa shape index (κ3) is 4.21. The van der Waals surface area contributed by atoms with Gasteiger partial charge in [-0.3, -0.25) is 9.89 Å². The molecular formula is C20H27N3O2. The first kappa shape index (κ1) is 17.5. The Morgan fingerprint density at radius 2 is 2.12 bits per heavy atom. The molecule has 1 atom stereocenters. The van der Waals surface area contributed by atoms with Gasteiger partial charge in [0.15, 0.2) is 6.10 Å². The summed E-state index contributed by atoms with van der Waals surface area (Å²) in [4.78, 5) is 12.3. The Labute approximate surface area is 149 Å². The molecule has 1 aromatic heterocycles. The lowest BCUT2D eigenvalue weighted by molar-refractivity contribution is -0.127. The smallest absolute Gasteiger partial charge is 0.260 e. The summed E-state index contributed by atoms with van der Waals surface area (Å²) in [6, 6.07) is 6.02. The van der Waals surface area contributed by atoms with Crippen molar-refractivity contribution in [3.63, 3.8) is 0 Å². The molecule has 5 nitrogen and oxygen atoms in total. The van der Waals surface area contributed by atoms with Crippen LogP contribution < -0.4 is 10.1 Å². The zero-order valence-corrected chi connectivity index (χ0v) is 15.3. The largest absolute Gasteiger partial charge is 0.481 e. The Bertz CT molecular complexity index is 751. The van der Waals surface area contributed by atoms with E-state index in [4.69, 9.17) is 4.74 Å². The van der Waals surface area contributed by atoms with Crippen molar-refractivity contribution in [3.05, 3.63) is 46.3 Å². The molecule has 0 unspecified atom stereocenters. The molecule has 0 bridgehead atoms. The molecule has 0 aliphatic heterocycles. The number of carbonyl (C=O) groups is 1. The first-order valence-corrected chi connectivity index (χ1v) is 9.11. The molecule has 5 heteroatoms. The Hall–Kier alpha value is -2.30. The number of amides is 1. The number of rotatable bonds is 6. The van der Waals surface area contributed by atoms with Crippen LogP contribution >= 0.6 is 0 Å². The van der Waals surface area contributed by atoms with Gasteiger partial charge in [-0.05, 0) is 69.2 Å². The maximum Gasteiger partial charge on any atom is 0.260 e. The maximum atomic E-state index is 12.3. The number of aryl methyl sites for hydroxylation is 3. The lowest BCUT2D eigenvalue weighted by Gasteiger charge is -2.17. The number of carbonyl (C=O) groups excluding carboxylic acids is 1. The van der Waals surface area contributed by atoms with Gasteiger partial charge in [0, 0.05) is 18.7 Å². The molecule has 1 aliphatic rings. The summed E-state index contributed by atoms with van der Waals surface area (Å²) in [5, 5.41) is 10.5. The number of aromatic nitrogens is 2. The van der Waals surface area contributed by atoms with E-state index in [1.165, 1.54) is 24.1 Å². The van der Waals surface area contributed by atoms with Crippen molar-refractivity contribution in [2.24, 2.45) is 0 Å². The van der Waals surface area contributed by atoms with E-state index in [0.717, 1.165) is 41.8 Å². The van der Waals surface area contributed by atoms with Crippen LogP contribution in [-0.2, 0) is 24.1 Å². The number of benzene rings is 1. The average Bonchev–Trinajstić information content (AvgIpc) is 3.01. The van der Waals surface area contributed by atoms with Gasteiger partial charge in [-0.1, -0.05) is 12.1 Å². The fourth-order valence-corrected chi connectivity index (χ4v) is 3.28. The molecule has 2 N–H and O–H groups in total. The van der Waals surface area contributed by atoms with Gasteiger partial charge in [-0.25, -0.2) is 0 Å². The zero-order valence-electron chi connectivity index (χ0n) is 15.3. The standard InChI is InChI=1S/C20H27N3O2/c1-13-8-9-14(2)19(12-13)25-15(3)20(24)21-11-10-18-16-6-4-5-7-17(16)22-23-18/h8-9,12,15H,4-7,10-11H2,1-3H3,(H,21,24)(H,22,23)/t15-/m0/s1. The van der Waals surface area contributed by atoms with Gasteiger partial charge in [0.25, 0.3) is 5.91 Å². The van der Waals surface area contributed by atoms with Gasteiger partial charge in [0.05, 0.1) is 5.69 Å². The zero-order chi connectivity index (χ0) is 17.8. The van der Waals surface area contributed by atoms with E-state index < -0.39 is 6.10 Å². The second-order valence-corrected chi connectivity index (χ2v) is 6.90. The SMILES string of the molecule is Cc1ccc(C)c(O[C@@H](C)C(=O)NCCc2n[nH]c3c2CCCC3)c1. The molecule has 1 amide bonds. The highest BCUT2D eigenvalue weighted by Gasteiger charge is 2.18. The van der Waals surface area contributed by atoms with E-state index in [1.807, 2.05) is 32.0 Å². The number of hydrogen-bond acceptors (Lipinski definition) is 3. The van der Waals surface area contributed by atoms with Gasteiger partial charge in [-0.15, -0.1) is 0 Å². The lowest BCUT2D eigenvalue weighted by atomic mass is 9.95. The van der Waals surface area contributed by atoms with E-state index in [9.17, 15) is 4.79 Å². The lowest BCUT2D eigenvalue weighted by Crippen LogP contribution is -2.37. The Morgan fingerprint density at radius 1 is 1.32 bits per heavy atom. The molecule has 0 fully saturated rings. The predicted molar refractivity (Wildman–Crippen MR) is 97.9 cm³/mol. The molecule has 2 aromatic rings. The van der Waals surface area contributed by atoms with Crippen molar-refractivity contribution in [2.75, 3.05) is 6.54 Å². The molecule has 3 rings (SSSR count). The minimum atomic E-state index is -0.520. The van der Waals surface area contributed by atoms with Crippen LogP contribution in [0.15, 0.2) is 18.2 Å². The van der Waals surface area contributed by atoms with Crippen molar-refractivity contribution < 1.29 is 9.53 Å². The molecule has 25 heavy (non-hydrogen) atoms. The average molecular weight is 341 g/mol. The van der Waals surface area contributed by atoms with E-state index in [1.54, 1.807) is 6.92 Å². The highest BCUT2D eigenvalue weighted by molar-refractivity contribution is 5.80. The van der Waals surface area contributed by atoms with Crippen LogP contribution in [-0.4, -0.2) is 28.8 Å². The van der Waals surface area contributed by atoms with Crippen molar-refractivity contribution in [1.29, 1.82) is 0 Å². The second kappa shape index (κ2) is 7.72. The Morgan fingerprint density at radius 3 is 2.96 bits per heavy atom. The second-order valence-electron chi connectivity index (χ2n) is 6.90. The van der Waals surface area contributed by atoms with Crippen LogP contribution in [0.5, 0.6) is 5.75 Å². The maximum absolute atomic E-state index is 12.3. The van der Waals surface area contributed by atoms with E-state index in [-0.39, 0.29) is 5.91 Å². The summed E-state index contributed by atoms with van der Waals surface area (Å²) in [5.41, 5.74) is 5.89. The summed E-state index contributed by atoms with van der Waals surface area (Å²) in [7, 11) is 0. The first-order valence-electron chi connectivity index (χ1n) is 9.11. The van der Waals surface area contributed by atoms with Crippen LogP contribution in [0, 0.1) is 13.8 Å². The highest BCUT2D eigenvalue weighted by atomic mass is 16.5. The van der Waals surface area contributed by atoms with Crippen molar-refractivity contribution in [1.82, 2.24) is 15.5 Å². The Balaban J connectivity index is 1.50. The van der Waals surface area contributed by atoms with Crippen molar-refractivity contribution >= 4 is 5.91 Å². The molecule has 134 valence electrons. The van der Waals surface area contributed by atoms with Crippen LogP contribution in [0.3, 0.4) is 0 Å². The van der Waals surface area contributed by atoms with Gasteiger partial charge in [0.2, 0.25) is 0 Å². The van der Waals surface area contributed by atoms with Gasteiger partial charge in [0.1, 0.15) is 5.75 Å². The van der Waals surface area contributed by atoms with Crippen molar-refractivity contribution in [2.45, 2.75) is 59.0 Å². The monoisotopic (exact) mass is 341 g/mol. The van der Waals surface area contributed by atoms with Crippen LogP contribution in [0.4, 0.5) is 0 Å². The molecule has 1 aromatic carbocycles. The number of aromatic amines is 1. The van der Waals surface area contributed by atoms with E-state index >= 15 is 0 Å². The molecule has 0 saturated heterocycles. The van der Waals surface area contributed by atoms with Gasteiger partial charge >= 0.3 is 0 Å². The third-order valence-corrected chi connectivity index (χ3v) is 4.82. The van der Waals surface area contributed by atoms with E-state index in [0.29, 0.717) is 6.54 Å². The number of nitrogens with zero attached hydrogens (tertiary/aromatic N) is 1. The van der Waals surface area contributed by atoms with Crippen LogP contribution in [0.2, 0.25) is 0 Å². The normalized spacial score (nSPS) is 14.7. The van der Waals surface area contributed by atoms with Crippen LogP contribution in [0.1, 0.15) is 47.8 Å². The molecule has 0 spiro atoms. The predicted octanol–water partition coefficient (Wildman–Crippen LogP) is 3.03. The molecule has 1 heterocycles. The highest BCUT2D eigenvalue weighted by Crippen LogP contribution is 2.22. The fraction of sp³-hybridized carbons (Fsp3) is 0.500. The summed E-state index contributed by atoms with van der Waals surface area (Å²) < 4.78 is 5.83. The van der Waals surface area contributed by atoms with Crippen molar-refractivity contribution in [3.8, 4) is 5.75 Å². The summed E-state index contributed by atoms with van der Waals surface area (Å²) in [6.07, 6.45) is 4.89. The molecule has 0 saturated carbocycles. The summed E-state index contributed by atoms with van der Waals surface area (Å²) in [5.74, 6) is 0.675. The number of nitrogens with one attached hydrogen (secondary N) is 2. The summed E-state index contributed by atoms with van der Waals surface area (Å²) >= 11 is 0. The fourth-order valence-electron chi connectivity index (χ4n) is 3.28. The van der Waals surface area contributed by atoms with E-state index in [2.05, 4.69) is 15.5 Å².